The van der Waals surface area contributed by atoms with Gasteiger partial charge in [-0.1, -0.05) is 13.8 Å². The van der Waals surface area contributed by atoms with Crippen LogP contribution in [0, 0.1) is 5.92 Å². The number of carbonyl (C=O) groups excluding carboxylic acids is 3. The molecule has 0 aromatic rings. The average molecular weight is 274 g/mol. The van der Waals surface area contributed by atoms with Crippen LogP contribution in [0.4, 0.5) is 4.79 Å². The van der Waals surface area contributed by atoms with Crippen LogP contribution in [0.15, 0.2) is 0 Å². The minimum Gasteiger partial charge on any atom is -0.480 e. The van der Waals surface area contributed by atoms with Gasteiger partial charge in [0.15, 0.2) is 0 Å². The topological polar surface area (TPSA) is 165 Å². The minimum atomic E-state index is -1.46. The van der Waals surface area contributed by atoms with Gasteiger partial charge in [0.05, 0.1) is 6.42 Å². The van der Waals surface area contributed by atoms with Crippen molar-refractivity contribution >= 4 is 23.8 Å². The Kier molecular flexibility index (Phi) is 6.31. The van der Waals surface area contributed by atoms with Crippen LogP contribution in [0.2, 0.25) is 0 Å². The summed E-state index contributed by atoms with van der Waals surface area (Å²) in [6, 6.07) is -3.31. The van der Waals surface area contributed by atoms with Gasteiger partial charge in [-0.15, -0.1) is 0 Å². The lowest BCUT2D eigenvalue weighted by atomic mass is 10.0. The summed E-state index contributed by atoms with van der Waals surface area (Å²) in [6.45, 7) is 3.32. The minimum absolute atomic E-state index is 0.261. The molecular formula is C10H18N4O5. The molecule has 0 aliphatic carbocycles. The van der Waals surface area contributed by atoms with Crippen molar-refractivity contribution in [3.05, 3.63) is 0 Å². The van der Waals surface area contributed by atoms with Crippen molar-refractivity contribution in [1.82, 2.24) is 10.6 Å². The average Bonchev–Trinajstić information content (AvgIpc) is 2.23. The first-order valence-electron chi connectivity index (χ1n) is 5.52. The Morgan fingerprint density at radius 3 is 1.95 bits per heavy atom. The van der Waals surface area contributed by atoms with Crippen LogP contribution in [0.3, 0.4) is 0 Å². The molecule has 0 aliphatic rings. The monoisotopic (exact) mass is 274 g/mol. The number of hydrogen-bond acceptors (Lipinski definition) is 4. The molecule has 0 aromatic carbocycles. The molecule has 0 aromatic heterocycles. The molecule has 0 aliphatic heterocycles. The van der Waals surface area contributed by atoms with Crippen LogP contribution in [-0.4, -0.2) is 41.0 Å². The summed E-state index contributed by atoms with van der Waals surface area (Å²) >= 11 is 0. The van der Waals surface area contributed by atoms with Crippen molar-refractivity contribution in [3.8, 4) is 0 Å². The maximum atomic E-state index is 11.5. The Balaban J connectivity index is 4.60. The fourth-order valence-electron chi connectivity index (χ4n) is 1.31. The molecule has 4 amide bonds. The molecule has 19 heavy (non-hydrogen) atoms. The van der Waals surface area contributed by atoms with E-state index in [1.54, 1.807) is 13.8 Å². The van der Waals surface area contributed by atoms with Crippen LogP contribution in [0.25, 0.3) is 0 Å². The first-order chi connectivity index (χ1) is 8.65. The molecule has 0 bridgehead atoms. The molecule has 0 radical (unpaired) electrons. The van der Waals surface area contributed by atoms with Crippen LogP contribution in [-0.2, 0) is 14.4 Å². The predicted octanol–water partition coefficient (Wildman–Crippen LogP) is -1.88. The van der Waals surface area contributed by atoms with Crippen molar-refractivity contribution in [2.45, 2.75) is 32.4 Å². The van der Waals surface area contributed by atoms with E-state index in [1.807, 2.05) is 5.32 Å². The predicted molar refractivity (Wildman–Crippen MR) is 64.7 cm³/mol. The summed E-state index contributed by atoms with van der Waals surface area (Å²) in [6.07, 6.45) is -0.550. The molecule has 7 N–H and O–H groups in total. The number of primary amides is 2. The normalized spacial score (nSPS) is 13.4. The van der Waals surface area contributed by atoms with Gasteiger partial charge in [0.25, 0.3) is 0 Å². The second kappa shape index (κ2) is 7.19. The number of hydrogen-bond donors (Lipinski definition) is 5. The Morgan fingerprint density at radius 2 is 1.63 bits per heavy atom. The first kappa shape index (κ1) is 16.7. The van der Waals surface area contributed by atoms with Crippen molar-refractivity contribution in [3.63, 3.8) is 0 Å². The highest BCUT2D eigenvalue weighted by atomic mass is 16.4. The van der Waals surface area contributed by atoms with Crippen LogP contribution in [0.1, 0.15) is 20.3 Å². The summed E-state index contributed by atoms with van der Waals surface area (Å²) in [4.78, 5) is 44.0. The molecule has 0 heterocycles. The van der Waals surface area contributed by atoms with Gasteiger partial charge in [-0.25, -0.2) is 9.59 Å². The van der Waals surface area contributed by atoms with Crippen molar-refractivity contribution < 1.29 is 24.3 Å². The largest absolute Gasteiger partial charge is 0.480 e. The van der Waals surface area contributed by atoms with Gasteiger partial charge in [-0.2, -0.15) is 0 Å². The van der Waals surface area contributed by atoms with Crippen molar-refractivity contribution in [2.75, 3.05) is 0 Å². The van der Waals surface area contributed by atoms with E-state index in [1.165, 1.54) is 0 Å². The summed E-state index contributed by atoms with van der Waals surface area (Å²) in [5.74, 6) is -3.29. The smallest absolute Gasteiger partial charge is 0.326 e. The standard InChI is InChI=1S/C10H18N4O5/c1-4(2)7(8(12)16)14-10(19)13-5(9(17)18)3-6(11)15/h4-5,7H,3H2,1-2H3,(H2,11,15)(H2,12,16)(H,17,18)(H2,13,14,19)/t5-,7?/m1/s1. The van der Waals surface area contributed by atoms with Crippen LogP contribution in [0.5, 0.6) is 0 Å². The van der Waals surface area contributed by atoms with Crippen LogP contribution < -0.4 is 22.1 Å². The molecule has 0 spiro atoms. The molecule has 0 saturated carbocycles. The fourth-order valence-corrected chi connectivity index (χ4v) is 1.31. The highest BCUT2D eigenvalue weighted by Gasteiger charge is 2.26. The van der Waals surface area contributed by atoms with Gasteiger partial charge in [0.1, 0.15) is 12.1 Å². The Morgan fingerprint density at radius 1 is 1.11 bits per heavy atom. The summed E-state index contributed by atoms with van der Waals surface area (Å²) in [5.41, 5.74) is 9.94. The Hall–Kier alpha value is -2.32. The van der Waals surface area contributed by atoms with Gasteiger partial charge in [-0.3, -0.25) is 9.59 Å². The molecule has 108 valence electrons. The van der Waals surface area contributed by atoms with E-state index in [4.69, 9.17) is 16.6 Å². The number of nitrogens with one attached hydrogen (secondary N) is 2. The number of urea groups is 1. The van der Waals surface area contributed by atoms with E-state index < -0.39 is 42.3 Å². The third-order valence-corrected chi connectivity index (χ3v) is 2.27. The van der Waals surface area contributed by atoms with E-state index in [-0.39, 0.29) is 5.92 Å². The summed E-state index contributed by atoms with van der Waals surface area (Å²) in [7, 11) is 0. The molecule has 0 rings (SSSR count). The highest BCUT2D eigenvalue weighted by Crippen LogP contribution is 2.01. The lowest BCUT2D eigenvalue weighted by Gasteiger charge is -2.20. The van der Waals surface area contributed by atoms with Gasteiger partial charge in [0, 0.05) is 0 Å². The lowest BCUT2D eigenvalue weighted by molar-refractivity contribution is -0.140. The van der Waals surface area contributed by atoms with Gasteiger partial charge >= 0.3 is 12.0 Å². The first-order valence-corrected chi connectivity index (χ1v) is 5.52. The van der Waals surface area contributed by atoms with Gasteiger partial charge in [-0.05, 0) is 5.92 Å². The number of aliphatic carboxylic acids is 1. The Labute approximate surface area is 109 Å². The zero-order chi connectivity index (χ0) is 15.2. The molecule has 1 unspecified atom stereocenters. The number of carboxylic acid groups (broad SMARTS) is 1. The fraction of sp³-hybridized carbons (Fsp3) is 0.600. The molecular weight excluding hydrogens is 256 g/mol. The number of amides is 4. The number of nitrogens with two attached hydrogens (primary N) is 2. The molecule has 9 nitrogen and oxygen atoms in total. The second-order valence-electron chi connectivity index (χ2n) is 4.30. The maximum Gasteiger partial charge on any atom is 0.326 e. The van der Waals surface area contributed by atoms with E-state index >= 15 is 0 Å². The second-order valence-corrected chi connectivity index (χ2v) is 4.30. The summed E-state index contributed by atoms with van der Waals surface area (Å²) in [5, 5.41) is 13.0. The number of rotatable bonds is 7. The van der Waals surface area contributed by atoms with E-state index in [9.17, 15) is 19.2 Å². The third-order valence-electron chi connectivity index (χ3n) is 2.27. The summed E-state index contributed by atoms with van der Waals surface area (Å²) < 4.78 is 0. The van der Waals surface area contributed by atoms with Crippen LogP contribution >= 0.6 is 0 Å². The maximum absolute atomic E-state index is 11.5. The van der Waals surface area contributed by atoms with Crippen molar-refractivity contribution in [1.29, 1.82) is 0 Å². The number of carboxylic acids is 1. The number of carbonyl (C=O) groups is 4. The van der Waals surface area contributed by atoms with Crippen molar-refractivity contribution in [2.24, 2.45) is 17.4 Å². The molecule has 0 saturated heterocycles. The zero-order valence-electron chi connectivity index (χ0n) is 10.7. The van der Waals surface area contributed by atoms with E-state index in [2.05, 4.69) is 5.32 Å². The zero-order valence-corrected chi connectivity index (χ0v) is 10.7. The highest BCUT2D eigenvalue weighted by molar-refractivity contribution is 5.90. The molecule has 2 atom stereocenters. The molecule has 0 fully saturated rings. The van der Waals surface area contributed by atoms with Gasteiger partial charge in [0.2, 0.25) is 11.8 Å². The van der Waals surface area contributed by atoms with E-state index in [0.717, 1.165) is 0 Å². The Bertz CT molecular complexity index is 382. The van der Waals surface area contributed by atoms with E-state index in [0.29, 0.717) is 0 Å². The van der Waals surface area contributed by atoms with Gasteiger partial charge < -0.3 is 27.2 Å². The quantitative estimate of drug-likeness (QED) is 0.366. The lowest BCUT2D eigenvalue weighted by Crippen LogP contribution is -2.54. The molecule has 9 heteroatoms. The third kappa shape index (κ3) is 6.24. The SMILES string of the molecule is CC(C)C(NC(=O)N[C@H](CC(N)=O)C(=O)O)C(N)=O.